The number of rotatable bonds is 9. The number of aliphatic hydroxyl groups is 1. The van der Waals surface area contributed by atoms with Crippen LogP contribution in [-0.2, 0) is 4.79 Å². The normalized spacial score (nSPS) is 15.2. The lowest BCUT2D eigenvalue weighted by Crippen LogP contribution is -2.38. The molecule has 25 heavy (non-hydrogen) atoms. The highest BCUT2D eigenvalue weighted by molar-refractivity contribution is 14.0. The molecular weight excluding hydrogens is 475 g/mol. The van der Waals surface area contributed by atoms with Crippen molar-refractivity contribution >= 4 is 58.8 Å². The summed E-state index contributed by atoms with van der Waals surface area (Å²) in [6, 6.07) is 3.99. The maximum atomic E-state index is 11.6. The van der Waals surface area contributed by atoms with E-state index in [9.17, 15) is 9.90 Å². The van der Waals surface area contributed by atoms with Crippen molar-refractivity contribution in [3.8, 4) is 0 Å². The fraction of sp³-hybridized carbons (Fsp3) is 0.625. The Morgan fingerprint density at radius 2 is 2.20 bits per heavy atom. The number of guanidine groups is 1. The van der Waals surface area contributed by atoms with Gasteiger partial charge in [0, 0.05) is 30.4 Å². The van der Waals surface area contributed by atoms with Crippen LogP contribution in [0.2, 0.25) is 4.34 Å². The minimum atomic E-state index is -0.665. The number of thiophene rings is 1. The molecule has 142 valence electrons. The molecule has 0 aromatic carbocycles. The van der Waals surface area contributed by atoms with E-state index in [0.29, 0.717) is 29.3 Å². The third kappa shape index (κ3) is 9.07. The van der Waals surface area contributed by atoms with Gasteiger partial charge in [-0.1, -0.05) is 11.6 Å². The summed E-state index contributed by atoms with van der Waals surface area (Å²) in [5.41, 5.74) is 0. The second-order valence-electron chi connectivity index (χ2n) is 5.75. The maximum absolute atomic E-state index is 11.6. The summed E-state index contributed by atoms with van der Waals surface area (Å²) in [5.74, 6) is 0.757. The van der Waals surface area contributed by atoms with Crippen LogP contribution in [0.25, 0.3) is 0 Å². The zero-order valence-electron chi connectivity index (χ0n) is 14.3. The van der Waals surface area contributed by atoms with Gasteiger partial charge in [0.1, 0.15) is 6.10 Å². The predicted molar refractivity (Wildman–Crippen MR) is 114 cm³/mol. The molecule has 1 atom stereocenters. The molecule has 9 heteroatoms. The van der Waals surface area contributed by atoms with E-state index >= 15 is 0 Å². The minimum Gasteiger partial charge on any atom is -0.386 e. The van der Waals surface area contributed by atoms with Crippen molar-refractivity contribution in [2.24, 2.45) is 4.99 Å². The van der Waals surface area contributed by atoms with E-state index in [1.165, 1.54) is 11.3 Å². The summed E-state index contributed by atoms with van der Waals surface area (Å²) >= 11 is 7.23. The van der Waals surface area contributed by atoms with Gasteiger partial charge in [0.05, 0.1) is 10.9 Å². The SMILES string of the molecule is CCNC(=NCC(O)c1ccc(Cl)s1)NCCCC(=O)NC1CC1.I. The van der Waals surface area contributed by atoms with E-state index in [1.807, 2.05) is 13.0 Å². The Hall–Kier alpha value is -0.580. The van der Waals surface area contributed by atoms with Crippen molar-refractivity contribution in [1.29, 1.82) is 0 Å². The minimum absolute atomic E-state index is 0. The third-order valence-electron chi connectivity index (χ3n) is 3.50. The summed E-state index contributed by atoms with van der Waals surface area (Å²) in [5, 5.41) is 19.4. The number of hydrogen-bond acceptors (Lipinski definition) is 4. The topological polar surface area (TPSA) is 85.8 Å². The molecule has 0 spiro atoms. The standard InChI is InChI=1S/C16H25ClN4O2S.HI/c1-2-18-16(19-9-3-4-15(23)21-11-5-6-11)20-10-12(22)13-7-8-14(17)24-13;/h7-8,11-12,22H,2-6,9-10H2,1H3,(H,21,23)(H2,18,19,20);1H. The second kappa shape index (κ2) is 11.9. The van der Waals surface area contributed by atoms with Crippen molar-refractivity contribution in [1.82, 2.24) is 16.0 Å². The van der Waals surface area contributed by atoms with Crippen molar-refractivity contribution in [3.63, 3.8) is 0 Å². The summed E-state index contributed by atoms with van der Waals surface area (Å²) in [4.78, 5) is 16.8. The highest BCUT2D eigenvalue weighted by Gasteiger charge is 2.22. The molecule has 1 unspecified atom stereocenters. The summed E-state index contributed by atoms with van der Waals surface area (Å²) in [7, 11) is 0. The summed E-state index contributed by atoms with van der Waals surface area (Å²) in [6.07, 6.45) is 2.81. The molecular formula is C16H26ClIN4O2S. The van der Waals surface area contributed by atoms with E-state index in [1.54, 1.807) is 6.07 Å². The van der Waals surface area contributed by atoms with Crippen LogP contribution >= 0.6 is 46.9 Å². The molecule has 0 bridgehead atoms. The maximum Gasteiger partial charge on any atom is 0.220 e. The fourth-order valence-corrected chi connectivity index (χ4v) is 3.14. The number of nitrogens with zero attached hydrogens (tertiary/aromatic N) is 1. The molecule has 1 aliphatic rings. The average molecular weight is 501 g/mol. The average Bonchev–Trinajstić information content (AvgIpc) is 3.26. The zero-order chi connectivity index (χ0) is 17.4. The molecule has 4 N–H and O–H groups in total. The number of aliphatic hydroxyl groups excluding tert-OH is 1. The number of nitrogens with one attached hydrogen (secondary N) is 3. The van der Waals surface area contributed by atoms with E-state index in [4.69, 9.17) is 11.6 Å². The molecule has 0 saturated heterocycles. The van der Waals surface area contributed by atoms with Gasteiger partial charge < -0.3 is 21.1 Å². The van der Waals surface area contributed by atoms with E-state index in [0.717, 1.165) is 30.7 Å². The molecule has 1 aromatic rings. The molecule has 1 heterocycles. The first-order valence-electron chi connectivity index (χ1n) is 8.33. The highest BCUT2D eigenvalue weighted by atomic mass is 127. The van der Waals surface area contributed by atoms with Crippen molar-refractivity contribution in [3.05, 3.63) is 21.3 Å². The van der Waals surface area contributed by atoms with Crippen molar-refractivity contribution < 1.29 is 9.90 Å². The molecule has 1 saturated carbocycles. The van der Waals surface area contributed by atoms with Crippen molar-refractivity contribution in [2.45, 2.75) is 44.8 Å². The van der Waals surface area contributed by atoms with Gasteiger partial charge in [0.2, 0.25) is 5.91 Å². The van der Waals surface area contributed by atoms with Gasteiger partial charge in [-0.15, -0.1) is 35.3 Å². The van der Waals surface area contributed by atoms with Gasteiger partial charge in [-0.25, -0.2) is 0 Å². The largest absolute Gasteiger partial charge is 0.386 e. The fourth-order valence-electron chi connectivity index (χ4n) is 2.10. The Bertz CT molecular complexity index is 566. The number of carbonyl (C=O) groups excluding carboxylic acids is 1. The second-order valence-corrected chi connectivity index (χ2v) is 7.50. The van der Waals surface area contributed by atoms with Crippen LogP contribution in [0.5, 0.6) is 0 Å². The van der Waals surface area contributed by atoms with Gasteiger partial charge >= 0.3 is 0 Å². The van der Waals surface area contributed by atoms with E-state index in [-0.39, 0.29) is 36.4 Å². The zero-order valence-corrected chi connectivity index (χ0v) is 18.2. The Labute approximate surface area is 174 Å². The summed E-state index contributed by atoms with van der Waals surface area (Å²) in [6.45, 7) is 3.63. The number of carbonyl (C=O) groups is 1. The first-order valence-corrected chi connectivity index (χ1v) is 9.52. The van der Waals surface area contributed by atoms with Crippen LogP contribution < -0.4 is 16.0 Å². The number of hydrogen-bond donors (Lipinski definition) is 4. The molecule has 0 aliphatic heterocycles. The van der Waals surface area contributed by atoms with Crippen molar-refractivity contribution in [2.75, 3.05) is 19.6 Å². The molecule has 1 fully saturated rings. The van der Waals surface area contributed by atoms with E-state index in [2.05, 4.69) is 20.9 Å². The Balaban J connectivity index is 0.00000312. The molecule has 0 radical (unpaired) electrons. The predicted octanol–water partition coefficient (Wildman–Crippen LogP) is 2.67. The van der Waals surface area contributed by atoms with Crippen LogP contribution in [0.3, 0.4) is 0 Å². The van der Waals surface area contributed by atoms with Crippen LogP contribution in [0, 0.1) is 0 Å². The Morgan fingerprint density at radius 1 is 1.44 bits per heavy atom. The Morgan fingerprint density at radius 3 is 2.80 bits per heavy atom. The van der Waals surface area contributed by atoms with E-state index < -0.39 is 6.10 Å². The lowest BCUT2D eigenvalue weighted by atomic mass is 10.3. The Kier molecular flexibility index (Phi) is 10.7. The lowest BCUT2D eigenvalue weighted by molar-refractivity contribution is -0.121. The molecule has 2 rings (SSSR count). The molecule has 6 nitrogen and oxygen atoms in total. The highest BCUT2D eigenvalue weighted by Crippen LogP contribution is 2.26. The molecule has 1 aromatic heterocycles. The van der Waals surface area contributed by atoms with Crippen LogP contribution in [0.4, 0.5) is 0 Å². The molecule has 1 aliphatic carbocycles. The summed E-state index contributed by atoms with van der Waals surface area (Å²) < 4.78 is 0.655. The third-order valence-corrected chi connectivity index (χ3v) is 4.84. The number of amides is 1. The van der Waals surface area contributed by atoms with Gasteiger partial charge in [0.25, 0.3) is 0 Å². The van der Waals surface area contributed by atoms with Crippen LogP contribution in [-0.4, -0.2) is 42.6 Å². The van der Waals surface area contributed by atoms with Crippen LogP contribution in [0.1, 0.15) is 43.6 Å². The molecule has 1 amide bonds. The van der Waals surface area contributed by atoms with Gasteiger partial charge in [-0.3, -0.25) is 9.79 Å². The van der Waals surface area contributed by atoms with Gasteiger partial charge in [-0.05, 0) is 38.3 Å². The lowest BCUT2D eigenvalue weighted by Gasteiger charge is -2.12. The smallest absolute Gasteiger partial charge is 0.220 e. The number of halogens is 2. The first kappa shape index (κ1) is 22.5. The first-order chi connectivity index (χ1) is 11.6. The monoisotopic (exact) mass is 500 g/mol. The van der Waals surface area contributed by atoms with Gasteiger partial charge in [-0.2, -0.15) is 0 Å². The van der Waals surface area contributed by atoms with Crippen LogP contribution in [0.15, 0.2) is 17.1 Å². The van der Waals surface area contributed by atoms with Gasteiger partial charge in [0.15, 0.2) is 5.96 Å². The quantitative estimate of drug-likeness (QED) is 0.182. The number of aliphatic imine (C=N–C) groups is 1.